The Morgan fingerprint density at radius 3 is 1.83 bits per heavy atom. The van der Waals surface area contributed by atoms with E-state index in [0.717, 1.165) is 44.1 Å². The number of hydrogen-bond acceptors (Lipinski definition) is 8. The van der Waals surface area contributed by atoms with Gasteiger partial charge in [0.05, 0.1) is 20.8 Å². The molecule has 0 radical (unpaired) electrons. The van der Waals surface area contributed by atoms with Crippen molar-refractivity contribution in [2.24, 2.45) is 0 Å². The number of aryl methyl sites for hydroxylation is 2. The Balaban J connectivity index is 0.000000203. The highest BCUT2D eigenvalue weighted by Crippen LogP contribution is 2.41. The van der Waals surface area contributed by atoms with Crippen LogP contribution in [0.15, 0.2) is 97.3 Å². The standard InChI is InChI=1S/C27H27FN2O3.C20H22N2O3/c1-17-12-13-22-20(15-17)23(19-10-8-14-29-25(19)32-5)24(26(31)33-27(2,3)4)30(22)16-18-9-6-7-11-21(18)28;1-12-8-9-15-14(11-12)16(13-7-6-10-21-18(13)24-5)17(22-15)19(23)25-20(2,3)4/h6-15H,16H2,1-5H3;6-11,22H,1-5H3. The first-order valence-corrected chi connectivity index (χ1v) is 18.9. The average Bonchev–Trinajstić information content (AvgIpc) is 3.69. The van der Waals surface area contributed by atoms with E-state index < -0.39 is 23.1 Å². The number of rotatable bonds is 8. The minimum absolute atomic E-state index is 0.170. The quantitative estimate of drug-likeness (QED) is 0.151. The molecule has 4 aromatic heterocycles. The van der Waals surface area contributed by atoms with Crippen LogP contribution in [0.2, 0.25) is 0 Å². The van der Waals surface area contributed by atoms with Gasteiger partial charge in [-0.15, -0.1) is 0 Å². The molecule has 4 heterocycles. The van der Waals surface area contributed by atoms with Crippen molar-refractivity contribution in [3.05, 3.63) is 131 Å². The molecular weight excluding hydrogens is 736 g/mol. The van der Waals surface area contributed by atoms with E-state index >= 15 is 0 Å². The van der Waals surface area contributed by atoms with Crippen LogP contribution in [0, 0.1) is 19.7 Å². The van der Waals surface area contributed by atoms with Crippen LogP contribution >= 0.6 is 0 Å². The zero-order chi connectivity index (χ0) is 41.9. The first-order valence-electron chi connectivity index (χ1n) is 18.9. The number of aromatic amines is 1. The van der Waals surface area contributed by atoms with Crippen LogP contribution in [0.25, 0.3) is 44.1 Å². The molecule has 0 aliphatic heterocycles. The molecule has 0 spiro atoms. The van der Waals surface area contributed by atoms with Gasteiger partial charge in [-0.2, -0.15) is 0 Å². The number of hydrogen-bond donors (Lipinski definition) is 1. The zero-order valence-electron chi connectivity index (χ0n) is 34.6. The molecule has 58 heavy (non-hydrogen) atoms. The maximum atomic E-state index is 14.6. The number of nitrogens with one attached hydrogen (secondary N) is 1. The number of fused-ring (bicyclic) bond motifs is 2. The predicted molar refractivity (Wildman–Crippen MR) is 225 cm³/mol. The molecule has 0 saturated carbocycles. The van der Waals surface area contributed by atoms with Crippen LogP contribution < -0.4 is 9.47 Å². The number of benzene rings is 3. The smallest absolute Gasteiger partial charge is 0.356 e. The monoisotopic (exact) mass is 784 g/mol. The number of nitrogens with zero attached hydrogens (tertiary/aromatic N) is 3. The lowest BCUT2D eigenvalue weighted by molar-refractivity contribution is 0.00495. The Morgan fingerprint density at radius 1 is 0.690 bits per heavy atom. The van der Waals surface area contributed by atoms with E-state index in [2.05, 4.69) is 15.0 Å². The number of pyridine rings is 2. The number of ether oxygens (including phenoxy) is 4. The van der Waals surface area contributed by atoms with Gasteiger partial charge in [0, 0.05) is 62.0 Å². The van der Waals surface area contributed by atoms with Crippen LogP contribution in [0.3, 0.4) is 0 Å². The third-order valence-electron chi connectivity index (χ3n) is 9.12. The molecule has 300 valence electrons. The van der Waals surface area contributed by atoms with Crippen LogP contribution in [0.4, 0.5) is 4.39 Å². The average molecular weight is 785 g/mol. The lowest BCUT2D eigenvalue weighted by Crippen LogP contribution is -2.26. The summed E-state index contributed by atoms with van der Waals surface area (Å²) in [6, 6.07) is 25.9. The van der Waals surface area contributed by atoms with Crippen molar-refractivity contribution in [3.63, 3.8) is 0 Å². The summed E-state index contributed by atoms with van der Waals surface area (Å²) in [7, 11) is 3.11. The first kappa shape index (κ1) is 41.2. The molecule has 0 bridgehead atoms. The van der Waals surface area contributed by atoms with Gasteiger partial charge in [-0.25, -0.2) is 23.9 Å². The fourth-order valence-corrected chi connectivity index (χ4v) is 6.80. The third kappa shape index (κ3) is 8.89. The number of aromatic nitrogens is 4. The topological polar surface area (TPSA) is 118 Å². The van der Waals surface area contributed by atoms with Crippen molar-refractivity contribution in [1.82, 2.24) is 19.5 Å². The third-order valence-corrected chi connectivity index (χ3v) is 9.12. The second-order valence-corrected chi connectivity index (χ2v) is 16.0. The van der Waals surface area contributed by atoms with E-state index in [1.807, 2.05) is 115 Å². The summed E-state index contributed by atoms with van der Waals surface area (Å²) in [6.07, 6.45) is 3.30. The van der Waals surface area contributed by atoms with Crippen LogP contribution in [-0.4, -0.2) is 56.9 Å². The summed E-state index contributed by atoms with van der Waals surface area (Å²) < 4.78 is 38.8. The summed E-state index contributed by atoms with van der Waals surface area (Å²) in [4.78, 5) is 38.2. The molecule has 0 aliphatic rings. The number of methoxy groups -OCH3 is 2. The second kappa shape index (κ2) is 16.5. The van der Waals surface area contributed by atoms with Gasteiger partial charge in [-0.3, -0.25) is 0 Å². The molecule has 0 aliphatic carbocycles. The van der Waals surface area contributed by atoms with E-state index in [-0.39, 0.29) is 12.4 Å². The second-order valence-electron chi connectivity index (χ2n) is 16.0. The highest BCUT2D eigenvalue weighted by atomic mass is 19.1. The van der Waals surface area contributed by atoms with Gasteiger partial charge in [-0.05, 0) is 110 Å². The fourth-order valence-electron chi connectivity index (χ4n) is 6.80. The molecule has 11 heteroatoms. The Hall–Kier alpha value is -6.49. The number of halogens is 1. The summed E-state index contributed by atoms with van der Waals surface area (Å²) in [5.74, 6) is -0.360. The van der Waals surface area contributed by atoms with Gasteiger partial charge in [-0.1, -0.05) is 41.5 Å². The van der Waals surface area contributed by atoms with Crippen LogP contribution in [0.5, 0.6) is 11.8 Å². The molecule has 1 N–H and O–H groups in total. The molecular formula is C47H49FN4O6. The number of H-pyrrole nitrogens is 1. The van der Waals surface area contributed by atoms with Gasteiger partial charge in [0.25, 0.3) is 0 Å². The number of carbonyl (C=O) groups is 2. The zero-order valence-corrected chi connectivity index (χ0v) is 34.6. The summed E-state index contributed by atoms with van der Waals surface area (Å²) in [5, 5.41) is 1.78. The highest BCUT2D eigenvalue weighted by Gasteiger charge is 2.31. The van der Waals surface area contributed by atoms with E-state index in [9.17, 15) is 14.0 Å². The summed E-state index contributed by atoms with van der Waals surface area (Å²) >= 11 is 0. The first-order chi connectivity index (χ1) is 27.5. The SMILES string of the molecule is COc1ncccc1-c1c(C(=O)OC(C)(C)C)[nH]c2ccc(C)cc12.COc1ncccc1-c1c(C(=O)OC(C)(C)C)n(Cc2ccccc2F)c2ccc(C)cc12. The van der Waals surface area contributed by atoms with E-state index in [0.29, 0.717) is 39.8 Å². The Kier molecular flexibility index (Phi) is 11.7. The summed E-state index contributed by atoms with van der Waals surface area (Å²) in [5.41, 5.74) is 6.55. The molecule has 10 nitrogen and oxygen atoms in total. The lowest BCUT2D eigenvalue weighted by Gasteiger charge is -2.21. The Labute approximate surface area is 338 Å². The van der Waals surface area contributed by atoms with Crippen molar-refractivity contribution < 1.29 is 32.9 Å². The molecule has 0 amide bonds. The van der Waals surface area contributed by atoms with Gasteiger partial charge in [0.1, 0.15) is 28.4 Å². The van der Waals surface area contributed by atoms with Gasteiger partial charge in [0.15, 0.2) is 0 Å². The maximum Gasteiger partial charge on any atom is 0.356 e. The number of carbonyl (C=O) groups excluding carboxylic acids is 2. The van der Waals surface area contributed by atoms with Crippen molar-refractivity contribution in [2.45, 2.75) is 73.1 Å². The van der Waals surface area contributed by atoms with E-state index in [1.165, 1.54) is 6.07 Å². The van der Waals surface area contributed by atoms with E-state index in [4.69, 9.17) is 18.9 Å². The molecule has 0 fully saturated rings. The molecule has 7 aromatic rings. The Morgan fingerprint density at radius 2 is 1.24 bits per heavy atom. The van der Waals surface area contributed by atoms with Gasteiger partial charge >= 0.3 is 11.9 Å². The molecule has 0 atom stereocenters. The highest BCUT2D eigenvalue weighted by molar-refractivity contribution is 6.10. The maximum absolute atomic E-state index is 14.6. The van der Waals surface area contributed by atoms with Crippen LogP contribution in [-0.2, 0) is 16.0 Å². The van der Waals surface area contributed by atoms with Gasteiger partial charge in [0.2, 0.25) is 11.8 Å². The molecule has 3 aromatic carbocycles. The summed E-state index contributed by atoms with van der Waals surface area (Å²) in [6.45, 7) is 15.2. The lowest BCUT2D eigenvalue weighted by atomic mass is 10.0. The van der Waals surface area contributed by atoms with Crippen molar-refractivity contribution in [2.75, 3.05) is 14.2 Å². The predicted octanol–water partition coefficient (Wildman–Crippen LogP) is 10.7. The largest absolute Gasteiger partial charge is 0.481 e. The fraction of sp³-hybridized carbons (Fsp3) is 0.277. The van der Waals surface area contributed by atoms with Crippen molar-refractivity contribution in [1.29, 1.82) is 0 Å². The van der Waals surface area contributed by atoms with Crippen molar-refractivity contribution in [3.8, 4) is 34.0 Å². The minimum atomic E-state index is -0.706. The van der Waals surface area contributed by atoms with Crippen molar-refractivity contribution >= 4 is 33.7 Å². The minimum Gasteiger partial charge on any atom is -0.481 e. The van der Waals surface area contributed by atoms with Gasteiger partial charge < -0.3 is 28.5 Å². The number of esters is 2. The molecule has 7 rings (SSSR count). The Bertz CT molecular complexity index is 2630. The molecule has 0 unspecified atom stereocenters. The molecule has 0 saturated heterocycles. The normalized spacial score (nSPS) is 11.6. The van der Waals surface area contributed by atoms with E-state index in [1.54, 1.807) is 50.9 Å². The van der Waals surface area contributed by atoms with Crippen LogP contribution in [0.1, 0.15) is 79.2 Å².